The van der Waals surface area contributed by atoms with Crippen molar-refractivity contribution in [3.8, 4) is 11.3 Å². The van der Waals surface area contributed by atoms with Gasteiger partial charge in [0.25, 0.3) is 0 Å². The molecule has 0 aliphatic heterocycles. The van der Waals surface area contributed by atoms with Crippen LogP contribution < -0.4 is 5.59 Å². The second-order valence-electron chi connectivity index (χ2n) is 7.60. The third kappa shape index (κ3) is 3.30. The van der Waals surface area contributed by atoms with Crippen molar-refractivity contribution in [2.24, 2.45) is 0 Å². The van der Waals surface area contributed by atoms with Crippen LogP contribution in [0, 0.1) is 0 Å². The number of aryl methyl sites for hydroxylation is 2. The minimum Gasteiger partial charge on any atom is -0.264 e. The highest BCUT2D eigenvalue weighted by atomic mass is 14.7. The van der Waals surface area contributed by atoms with E-state index in [1.54, 1.807) is 0 Å². The molecule has 130 valence electrons. The van der Waals surface area contributed by atoms with E-state index in [4.69, 9.17) is 12.8 Å². The first-order valence-electron chi connectivity index (χ1n) is 10.0. The zero-order valence-electron chi connectivity index (χ0n) is 15.9. The molecule has 1 heterocycles. The number of rotatable bonds is 4. The highest BCUT2D eigenvalue weighted by Gasteiger charge is 2.18. The van der Waals surface area contributed by atoms with Crippen LogP contribution in [0.2, 0.25) is 0 Å². The van der Waals surface area contributed by atoms with Gasteiger partial charge in [0.1, 0.15) is 7.85 Å². The van der Waals surface area contributed by atoms with Crippen LogP contribution in [0.25, 0.3) is 22.0 Å². The number of aromatic nitrogens is 1. The lowest BCUT2D eigenvalue weighted by molar-refractivity contribution is 0.724. The highest BCUT2D eigenvalue weighted by Crippen LogP contribution is 2.36. The molecule has 4 rings (SSSR count). The lowest BCUT2D eigenvalue weighted by Crippen LogP contribution is -2.09. The van der Waals surface area contributed by atoms with Gasteiger partial charge >= 0.3 is 0 Å². The van der Waals surface area contributed by atoms with Gasteiger partial charge < -0.3 is 0 Å². The van der Waals surface area contributed by atoms with E-state index in [1.807, 2.05) is 6.07 Å². The normalized spacial score (nSPS) is 15.0. The lowest BCUT2D eigenvalue weighted by Gasteiger charge is -2.14. The Morgan fingerprint density at radius 3 is 2.27 bits per heavy atom. The van der Waals surface area contributed by atoms with Crippen molar-refractivity contribution in [1.82, 2.24) is 4.98 Å². The van der Waals surface area contributed by atoms with Gasteiger partial charge in [-0.15, -0.1) is 0 Å². The highest BCUT2D eigenvalue weighted by molar-refractivity contribution is 6.32. The van der Waals surface area contributed by atoms with Gasteiger partial charge in [0.2, 0.25) is 0 Å². The lowest BCUT2D eigenvalue weighted by atomic mass is 9.91. The van der Waals surface area contributed by atoms with Crippen LogP contribution in [-0.4, -0.2) is 12.8 Å². The molecule has 0 saturated heterocycles. The smallest absolute Gasteiger partial charge is 0.141 e. The molecule has 1 aliphatic rings. The second kappa shape index (κ2) is 7.27. The van der Waals surface area contributed by atoms with E-state index >= 15 is 0 Å². The molecular formula is C24H26BN. The van der Waals surface area contributed by atoms with Gasteiger partial charge in [-0.1, -0.05) is 51.0 Å². The molecule has 1 aromatic heterocycles. The van der Waals surface area contributed by atoms with Crippen molar-refractivity contribution in [1.29, 1.82) is 0 Å². The second-order valence-corrected chi connectivity index (χ2v) is 7.60. The molecule has 2 radical (unpaired) electrons. The van der Waals surface area contributed by atoms with Crippen molar-refractivity contribution in [3.05, 3.63) is 59.2 Å². The molecule has 0 N–H and O–H groups in total. The first kappa shape index (κ1) is 17.3. The third-order valence-electron chi connectivity index (χ3n) is 5.84. The number of nitrogens with zero attached hydrogens (tertiary/aromatic N) is 1. The third-order valence-corrected chi connectivity index (χ3v) is 5.84. The maximum absolute atomic E-state index is 6.20. The van der Waals surface area contributed by atoms with Gasteiger partial charge in [-0.05, 0) is 77.5 Å². The van der Waals surface area contributed by atoms with Gasteiger partial charge in [0.15, 0.2) is 0 Å². The maximum Gasteiger partial charge on any atom is 0.141 e. The number of fused-ring (bicyclic) bond motifs is 1. The predicted octanol–water partition coefficient (Wildman–Crippen LogP) is 5.48. The molecule has 0 atom stereocenters. The van der Waals surface area contributed by atoms with Gasteiger partial charge in [-0.3, -0.25) is 4.98 Å². The fourth-order valence-corrected chi connectivity index (χ4v) is 4.34. The molecule has 2 aromatic carbocycles. The van der Waals surface area contributed by atoms with Crippen LogP contribution in [0.3, 0.4) is 0 Å². The molecule has 0 unspecified atom stereocenters. The van der Waals surface area contributed by atoms with E-state index in [0.29, 0.717) is 11.5 Å². The Morgan fingerprint density at radius 1 is 0.923 bits per heavy atom. The van der Waals surface area contributed by atoms with Crippen LogP contribution in [0.1, 0.15) is 62.1 Å². The van der Waals surface area contributed by atoms with Crippen LogP contribution in [-0.2, 0) is 12.8 Å². The van der Waals surface area contributed by atoms with E-state index in [1.165, 1.54) is 58.7 Å². The Kier molecular flexibility index (Phi) is 4.85. The summed E-state index contributed by atoms with van der Waals surface area (Å²) >= 11 is 0. The van der Waals surface area contributed by atoms with Crippen LogP contribution in [0.4, 0.5) is 0 Å². The molecule has 26 heavy (non-hydrogen) atoms. The number of hydrogen-bond acceptors (Lipinski definition) is 1. The zero-order chi connectivity index (χ0) is 18.1. The zero-order valence-corrected chi connectivity index (χ0v) is 15.9. The molecule has 0 spiro atoms. The van der Waals surface area contributed by atoms with Crippen molar-refractivity contribution < 1.29 is 0 Å². The average Bonchev–Trinajstić information content (AvgIpc) is 3.21. The number of pyridine rings is 1. The van der Waals surface area contributed by atoms with Crippen LogP contribution in [0.5, 0.6) is 0 Å². The Balaban J connectivity index is 1.87. The molecule has 1 nitrogen and oxygen atoms in total. The fourth-order valence-electron chi connectivity index (χ4n) is 4.34. The standard InChI is InChI=1S/C24H26BN/c1-3-16-11-17(4-2)13-21(12-16)24-22-10-9-19(18-7-5-6-8-18)14-20(22)15-23(25)26-24/h9-15,18H,3-8H2,1-2H3. The van der Waals surface area contributed by atoms with E-state index in [0.717, 1.165) is 18.5 Å². The van der Waals surface area contributed by atoms with Crippen molar-refractivity contribution in [2.75, 3.05) is 0 Å². The predicted molar refractivity (Wildman–Crippen MR) is 113 cm³/mol. The summed E-state index contributed by atoms with van der Waals surface area (Å²) in [5.74, 6) is 0.715. The van der Waals surface area contributed by atoms with Crippen molar-refractivity contribution in [2.45, 2.75) is 58.3 Å². The molecule has 1 saturated carbocycles. The summed E-state index contributed by atoms with van der Waals surface area (Å²) in [6, 6.07) is 15.8. The summed E-state index contributed by atoms with van der Waals surface area (Å²) in [6.07, 6.45) is 7.42. The summed E-state index contributed by atoms with van der Waals surface area (Å²) in [6.45, 7) is 4.41. The Bertz CT molecular complexity index is 916. The van der Waals surface area contributed by atoms with Gasteiger partial charge in [-0.2, -0.15) is 0 Å². The molecule has 1 aliphatic carbocycles. The topological polar surface area (TPSA) is 12.9 Å². The number of benzene rings is 2. The Labute approximate surface area is 158 Å². The van der Waals surface area contributed by atoms with Gasteiger partial charge in [0.05, 0.1) is 5.69 Å². The fraction of sp³-hybridized carbons (Fsp3) is 0.375. The Hall–Kier alpha value is -2.09. The van der Waals surface area contributed by atoms with Crippen molar-refractivity contribution in [3.63, 3.8) is 0 Å². The van der Waals surface area contributed by atoms with Gasteiger partial charge in [-0.25, -0.2) is 0 Å². The van der Waals surface area contributed by atoms with Crippen LogP contribution >= 0.6 is 0 Å². The summed E-state index contributed by atoms with van der Waals surface area (Å²) in [7, 11) is 6.20. The monoisotopic (exact) mass is 339 g/mol. The SMILES string of the molecule is [B]c1cc2cc(C3CCCC3)ccc2c(-c2cc(CC)cc(CC)c2)n1. The summed E-state index contributed by atoms with van der Waals surface area (Å²) < 4.78 is 0. The average molecular weight is 339 g/mol. The molecule has 0 bridgehead atoms. The van der Waals surface area contributed by atoms with E-state index in [9.17, 15) is 0 Å². The molecular weight excluding hydrogens is 313 g/mol. The summed E-state index contributed by atoms with van der Waals surface area (Å²) in [4.78, 5) is 4.73. The molecule has 1 fully saturated rings. The quantitative estimate of drug-likeness (QED) is 0.574. The Morgan fingerprint density at radius 2 is 1.62 bits per heavy atom. The van der Waals surface area contributed by atoms with E-state index in [2.05, 4.69) is 50.2 Å². The minimum absolute atomic E-state index is 0.607. The summed E-state index contributed by atoms with van der Waals surface area (Å²) in [5.41, 5.74) is 6.99. The summed E-state index contributed by atoms with van der Waals surface area (Å²) in [5, 5.41) is 2.42. The largest absolute Gasteiger partial charge is 0.264 e. The van der Waals surface area contributed by atoms with Crippen LogP contribution in [0.15, 0.2) is 42.5 Å². The van der Waals surface area contributed by atoms with E-state index in [-0.39, 0.29) is 0 Å². The van der Waals surface area contributed by atoms with E-state index < -0.39 is 0 Å². The number of hydrogen-bond donors (Lipinski definition) is 0. The minimum atomic E-state index is 0.607. The first-order valence-corrected chi connectivity index (χ1v) is 10.0. The molecule has 2 heteroatoms. The van der Waals surface area contributed by atoms with Crippen molar-refractivity contribution >= 4 is 24.2 Å². The maximum atomic E-state index is 6.20. The molecule has 3 aromatic rings. The van der Waals surface area contributed by atoms with Gasteiger partial charge in [0, 0.05) is 10.9 Å². The molecule has 0 amide bonds. The first-order chi connectivity index (χ1) is 12.7.